The van der Waals surface area contributed by atoms with Gasteiger partial charge in [0, 0.05) is 11.6 Å². The molecule has 0 aliphatic carbocycles. The molecular weight excluding hydrogens is 379 g/mol. The largest absolute Gasteiger partial charge is 0.497 e. The lowest BCUT2D eigenvalue weighted by Gasteiger charge is -2.22. The van der Waals surface area contributed by atoms with Gasteiger partial charge in [0.15, 0.2) is 0 Å². The van der Waals surface area contributed by atoms with E-state index in [0.29, 0.717) is 6.61 Å². The van der Waals surface area contributed by atoms with E-state index in [1.165, 1.54) is 11.1 Å². The topological polar surface area (TPSA) is 27.7 Å². The summed E-state index contributed by atoms with van der Waals surface area (Å²) in [7, 11) is 3.30. The van der Waals surface area contributed by atoms with Gasteiger partial charge < -0.3 is 14.2 Å². The molecule has 1 aliphatic heterocycles. The Hall–Kier alpha value is -1.69. The predicted octanol–water partition coefficient (Wildman–Crippen LogP) is 4.49. The van der Waals surface area contributed by atoms with Crippen LogP contribution in [0.3, 0.4) is 0 Å². The summed E-state index contributed by atoms with van der Waals surface area (Å²) in [6.07, 6.45) is 0. The minimum absolute atomic E-state index is 0.581. The Morgan fingerprint density at radius 1 is 1.00 bits per heavy atom. The summed E-state index contributed by atoms with van der Waals surface area (Å²) in [5.74, 6) is 2.37. The molecule has 0 atom stereocenters. The van der Waals surface area contributed by atoms with Gasteiger partial charge in [-0.1, -0.05) is 24.3 Å². The molecule has 0 unspecified atom stereocenters. The number of hydrogen-bond acceptors (Lipinski definition) is 3. The molecule has 2 aromatic carbocycles. The standard InChI is InChI=1S/C17H15IO3/c1-19-13-7-12(8-14(9-13)20-2)17-16(18)15-6-4-3-5-11(15)10-21-17/h3-9H,10H2,1-2H3. The van der Waals surface area contributed by atoms with E-state index in [0.717, 1.165) is 26.4 Å². The Morgan fingerprint density at radius 3 is 2.33 bits per heavy atom. The minimum Gasteiger partial charge on any atom is -0.497 e. The van der Waals surface area contributed by atoms with Crippen LogP contribution < -0.4 is 9.47 Å². The van der Waals surface area contributed by atoms with E-state index >= 15 is 0 Å². The van der Waals surface area contributed by atoms with Crippen LogP contribution in [0.15, 0.2) is 42.5 Å². The second-order valence-electron chi connectivity index (χ2n) is 4.69. The summed E-state index contributed by atoms with van der Waals surface area (Å²) in [5.41, 5.74) is 3.40. The van der Waals surface area contributed by atoms with Crippen LogP contribution in [-0.2, 0) is 11.3 Å². The summed E-state index contributed by atoms with van der Waals surface area (Å²) >= 11 is 2.33. The quantitative estimate of drug-likeness (QED) is 0.718. The molecule has 0 saturated carbocycles. The third kappa shape index (κ3) is 2.72. The highest BCUT2D eigenvalue weighted by molar-refractivity contribution is 14.1. The lowest BCUT2D eigenvalue weighted by molar-refractivity contribution is 0.261. The molecule has 21 heavy (non-hydrogen) atoms. The second-order valence-corrected chi connectivity index (χ2v) is 5.77. The normalized spacial score (nSPS) is 13.5. The van der Waals surface area contributed by atoms with Gasteiger partial charge in [0.2, 0.25) is 0 Å². The highest BCUT2D eigenvalue weighted by Gasteiger charge is 2.20. The summed E-state index contributed by atoms with van der Waals surface area (Å²) in [6.45, 7) is 0.581. The Balaban J connectivity index is 2.12. The van der Waals surface area contributed by atoms with Crippen LogP contribution in [0.2, 0.25) is 0 Å². The van der Waals surface area contributed by atoms with Gasteiger partial charge in [-0.3, -0.25) is 0 Å². The lowest BCUT2D eigenvalue weighted by atomic mass is 10.0. The molecule has 2 aromatic rings. The van der Waals surface area contributed by atoms with Crippen molar-refractivity contribution in [1.82, 2.24) is 0 Å². The Morgan fingerprint density at radius 2 is 1.67 bits per heavy atom. The van der Waals surface area contributed by atoms with Crippen molar-refractivity contribution >= 4 is 31.9 Å². The Labute approximate surface area is 137 Å². The monoisotopic (exact) mass is 394 g/mol. The van der Waals surface area contributed by atoms with Crippen LogP contribution in [0.25, 0.3) is 9.34 Å². The van der Waals surface area contributed by atoms with Gasteiger partial charge in [-0.2, -0.15) is 0 Å². The highest BCUT2D eigenvalue weighted by Crippen LogP contribution is 2.40. The van der Waals surface area contributed by atoms with E-state index < -0.39 is 0 Å². The van der Waals surface area contributed by atoms with Gasteiger partial charge in [-0.25, -0.2) is 0 Å². The zero-order chi connectivity index (χ0) is 14.8. The molecule has 0 bridgehead atoms. The zero-order valence-corrected chi connectivity index (χ0v) is 14.0. The average Bonchev–Trinajstić information content (AvgIpc) is 2.55. The molecule has 3 rings (SSSR count). The molecule has 0 N–H and O–H groups in total. The third-order valence-electron chi connectivity index (χ3n) is 3.44. The number of hydrogen-bond donors (Lipinski definition) is 0. The van der Waals surface area contributed by atoms with E-state index in [1.54, 1.807) is 14.2 Å². The summed E-state index contributed by atoms with van der Waals surface area (Å²) in [4.78, 5) is 0. The molecule has 0 radical (unpaired) electrons. The fraction of sp³-hybridized carbons (Fsp3) is 0.176. The summed E-state index contributed by atoms with van der Waals surface area (Å²) in [5, 5.41) is 0. The maximum Gasteiger partial charge on any atom is 0.141 e. The van der Waals surface area contributed by atoms with E-state index in [4.69, 9.17) is 14.2 Å². The van der Waals surface area contributed by atoms with Gasteiger partial charge in [0.05, 0.1) is 17.8 Å². The Bertz CT molecular complexity index is 685. The van der Waals surface area contributed by atoms with Crippen LogP contribution in [0.1, 0.15) is 16.7 Å². The van der Waals surface area contributed by atoms with Crippen molar-refractivity contribution in [2.45, 2.75) is 6.61 Å². The maximum absolute atomic E-state index is 5.96. The van der Waals surface area contributed by atoms with Crippen molar-refractivity contribution in [3.63, 3.8) is 0 Å². The first-order valence-corrected chi connectivity index (χ1v) is 7.65. The number of fused-ring (bicyclic) bond motifs is 1. The molecule has 108 valence electrons. The van der Waals surface area contributed by atoms with Crippen LogP contribution in [0.5, 0.6) is 11.5 Å². The fourth-order valence-corrected chi connectivity index (χ4v) is 3.34. The lowest BCUT2D eigenvalue weighted by Crippen LogP contribution is -2.04. The molecule has 0 saturated heterocycles. The molecule has 0 aromatic heterocycles. The van der Waals surface area contributed by atoms with Crippen molar-refractivity contribution in [2.75, 3.05) is 14.2 Å². The van der Waals surface area contributed by atoms with Gasteiger partial charge in [0.25, 0.3) is 0 Å². The number of benzene rings is 2. The van der Waals surface area contributed by atoms with Crippen molar-refractivity contribution < 1.29 is 14.2 Å². The SMILES string of the molecule is COc1cc(OC)cc(C2=C(I)c3ccccc3CO2)c1. The highest BCUT2D eigenvalue weighted by atomic mass is 127. The van der Waals surface area contributed by atoms with E-state index in [1.807, 2.05) is 30.3 Å². The van der Waals surface area contributed by atoms with Crippen molar-refractivity contribution in [2.24, 2.45) is 0 Å². The number of methoxy groups -OCH3 is 2. The minimum atomic E-state index is 0.581. The molecule has 3 nitrogen and oxygen atoms in total. The fourth-order valence-electron chi connectivity index (χ4n) is 2.34. The van der Waals surface area contributed by atoms with Crippen LogP contribution in [0, 0.1) is 0 Å². The van der Waals surface area contributed by atoms with Gasteiger partial charge in [-0.15, -0.1) is 0 Å². The molecule has 4 heteroatoms. The first-order valence-electron chi connectivity index (χ1n) is 6.57. The van der Waals surface area contributed by atoms with Gasteiger partial charge >= 0.3 is 0 Å². The first kappa shape index (κ1) is 14.3. The number of halogens is 1. The first-order chi connectivity index (χ1) is 10.2. The van der Waals surface area contributed by atoms with E-state index in [9.17, 15) is 0 Å². The van der Waals surface area contributed by atoms with Gasteiger partial charge in [-0.05, 0) is 45.9 Å². The summed E-state index contributed by atoms with van der Waals surface area (Å²) < 4.78 is 17.7. The smallest absolute Gasteiger partial charge is 0.141 e. The van der Waals surface area contributed by atoms with Crippen LogP contribution >= 0.6 is 22.6 Å². The Kier molecular flexibility index (Phi) is 4.05. The summed E-state index contributed by atoms with van der Waals surface area (Å²) in [6, 6.07) is 14.1. The molecule has 1 heterocycles. The third-order valence-corrected chi connectivity index (χ3v) is 4.51. The van der Waals surface area contributed by atoms with Crippen molar-refractivity contribution in [1.29, 1.82) is 0 Å². The number of rotatable bonds is 3. The van der Waals surface area contributed by atoms with Crippen molar-refractivity contribution in [3.8, 4) is 11.5 Å². The molecular formula is C17H15IO3. The second kappa shape index (κ2) is 5.97. The average molecular weight is 394 g/mol. The molecule has 0 amide bonds. The van der Waals surface area contributed by atoms with Crippen molar-refractivity contribution in [3.05, 3.63) is 59.2 Å². The van der Waals surface area contributed by atoms with Crippen LogP contribution in [-0.4, -0.2) is 14.2 Å². The van der Waals surface area contributed by atoms with Gasteiger partial charge in [0.1, 0.15) is 23.9 Å². The van der Waals surface area contributed by atoms with E-state index in [2.05, 4.69) is 34.7 Å². The predicted molar refractivity (Wildman–Crippen MR) is 91.6 cm³/mol. The van der Waals surface area contributed by atoms with Crippen LogP contribution in [0.4, 0.5) is 0 Å². The van der Waals surface area contributed by atoms with E-state index in [-0.39, 0.29) is 0 Å². The zero-order valence-electron chi connectivity index (χ0n) is 11.9. The number of ether oxygens (including phenoxy) is 3. The molecule has 1 aliphatic rings. The molecule has 0 spiro atoms. The maximum atomic E-state index is 5.96. The molecule has 0 fully saturated rings.